The third-order valence-electron chi connectivity index (χ3n) is 8.60. The van der Waals surface area contributed by atoms with Gasteiger partial charge in [-0.2, -0.15) is 0 Å². The molecule has 4 aliphatic rings. The van der Waals surface area contributed by atoms with Crippen molar-refractivity contribution in [2.45, 2.75) is 78.6 Å². The summed E-state index contributed by atoms with van der Waals surface area (Å²) >= 11 is 0. The van der Waals surface area contributed by atoms with Gasteiger partial charge in [0.05, 0.1) is 0 Å². The number of carbonyl (C=O) groups excluding carboxylic acids is 2. The lowest BCUT2D eigenvalue weighted by Crippen LogP contribution is -2.52. The molecule has 0 saturated heterocycles. The number of fused-ring (bicyclic) bond motifs is 5. The lowest BCUT2D eigenvalue weighted by atomic mass is 9.46. The molecule has 138 valence electrons. The maximum atomic E-state index is 12.9. The number of hydrogen-bond donors (Lipinski definition) is 1. The van der Waals surface area contributed by atoms with Crippen molar-refractivity contribution in [2.24, 2.45) is 34.5 Å². The second kappa shape index (κ2) is 5.69. The Morgan fingerprint density at radius 1 is 1.08 bits per heavy atom. The van der Waals surface area contributed by atoms with E-state index in [-0.39, 0.29) is 22.4 Å². The molecule has 0 amide bonds. The molecule has 3 saturated carbocycles. The van der Waals surface area contributed by atoms with Gasteiger partial charge in [0, 0.05) is 18.3 Å². The van der Waals surface area contributed by atoms with Crippen molar-refractivity contribution >= 4 is 11.6 Å². The first-order valence-electron chi connectivity index (χ1n) is 10.3. The molecule has 0 unspecified atom stereocenters. The Bertz CT molecular complexity index is 648. The van der Waals surface area contributed by atoms with E-state index in [1.54, 1.807) is 0 Å². The number of carbonyl (C=O) groups is 2. The van der Waals surface area contributed by atoms with Crippen LogP contribution in [0, 0.1) is 34.5 Å². The van der Waals surface area contributed by atoms with Gasteiger partial charge >= 0.3 is 0 Å². The quantitative estimate of drug-likeness (QED) is 0.767. The summed E-state index contributed by atoms with van der Waals surface area (Å²) in [6.45, 7) is 6.76. The van der Waals surface area contributed by atoms with Gasteiger partial charge in [-0.1, -0.05) is 27.2 Å². The fourth-order valence-electron chi connectivity index (χ4n) is 7.38. The normalized spacial score (nSPS) is 46.7. The first-order valence-corrected chi connectivity index (χ1v) is 10.3. The summed E-state index contributed by atoms with van der Waals surface area (Å²) in [5.41, 5.74) is 0.875. The molecule has 4 aliphatic carbocycles. The van der Waals surface area contributed by atoms with Crippen molar-refractivity contribution in [1.82, 2.24) is 0 Å². The standard InChI is InChI=1S/C22H32O3/c1-4-5-13-12-18(24)22(3)10-8-15-14(19(13)22)6-7-16-20(25)17(23)9-11-21(15,16)2/h13-15,19,25H,4-12H2,1-3H3/t13-,14+,15-,19-,21+,22+/m0/s1. The minimum atomic E-state index is -0.120. The average molecular weight is 344 g/mol. The Morgan fingerprint density at radius 2 is 1.84 bits per heavy atom. The van der Waals surface area contributed by atoms with E-state index in [4.69, 9.17) is 0 Å². The third-order valence-corrected chi connectivity index (χ3v) is 8.60. The summed E-state index contributed by atoms with van der Waals surface area (Å²) in [6, 6.07) is 0. The molecule has 0 spiro atoms. The van der Waals surface area contributed by atoms with E-state index >= 15 is 0 Å². The summed E-state index contributed by atoms with van der Waals surface area (Å²) in [7, 11) is 0. The minimum Gasteiger partial charge on any atom is -0.504 e. The first-order chi connectivity index (χ1) is 11.8. The maximum absolute atomic E-state index is 12.9. The van der Waals surface area contributed by atoms with E-state index < -0.39 is 0 Å². The molecule has 4 rings (SSSR count). The summed E-state index contributed by atoms with van der Waals surface area (Å²) in [5, 5.41) is 10.4. The lowest BCUT2D eigenvalue weighted by molar-refractivity contribution is -0.133. The molecule has 0 bridgehead atoms. The van der Waals surface area contributed by atoms with Gasteiger partial charge in [0.2, 0.25) is 0 Å². The monoisotopic (exact) mass is 344 g/mol. The van der Waals surface area contributed by atoms with Crippen LogP contribution < -0.4 is 0 Å². The van der Waals surface area contributed by atoms with Crippen molar-refractivity contribution in [3.63, 3.8) is 0 Å². The molecule has 0 aromatic rings. The topological polar surface area (TPSA) is 54.4 Å². The Labute approximate surface area is 151 Å². The minimum absolute atomic E-state index is 0.0371. The van der Waals surface area contributed by atoms with Crippen LogP contribution >= 0.6 is 0 Å². The predicted octanol–water partition coefficient (Wildman–Crippen LogP) is 5.00. The molecule has 3 fully saturated rings. The maximum Gasteiger partial charge on any atom is 0.197 e. The van der Waals surface area contributed by atoms with E-state index in [0.717, 1.165) is 50.5 Å². The molecule has 3 heteroatoms. The number of hydrogen-bond acceptors (Lipinski definition) is 3. The van der Waals surface area contributed by atoms with Crippen LogP contribution in [-0.2, 0) is 9.59 Å². The van der Waals surface area contributed by atoms with Gasteiger partial charge in [-0.3, -0.25) is 9.59 Å². The van der Waals surface area contributed by atoms with Crippen molar-refractivity contribution in [2.75, 3.05) is 0 Å². The molecule has 1 N–H and O–H groups in total. The zero-order valence-electron chi connectivity index (χ0n) is 15.9. The predicted molar refractivity (Wildman–Crippen MR) is 97.1 cm³/mol. The van der Waals surface area contributed by atoms with Crippen LogP contribution in [-0.4, -0.2) is 16.7 Å². The lowest BCUT2D eigenvalue weighted by Gasteiger charge is -2.57. The van der Waals surface area contributed by atoms with E-state index in [2.05, 4.69) is 20.8 Å². The van der Waals surface area contributed by atoms with E-state index in [1.807, 2.05) is 0 Å². The van der Waals surface area contributed by atoms with Gasteiger partial charge in [0.25, 0.3) is 0 Å². The van der Waals surface area contributed by atoms with E-state index in [1.165, 1.54) is 6.42 Å². The van der Waals surface area contributed by atoms with Gasteiger partial charge in [-0.25, -0.2) is 0 Å². The number of ketones is 2. The molecule has 25 heavy (non-hydrogen) atoms. The zero-order chi connectivity index (χ0) is 18.0. The summed E-state index contributed by atoms with van der Waals surface area (Å²) in [6.07, 6.45) is 8.41. The fraction of sp³-hybridized carbons (Fsp3) is 0.818. The largest absolute Gasteiger partial charge is 0.504 e. The fourth-order valence-corrected chi connectivity index (χ4v) is 7.38. The molecule has 3 nitrogen and oxygen atoms in total. The van der Waals surface area contributed by atoms with Gasteiger partial charge in [-0.05, 0) is 73.2 Å². The highest BCUT2D eigenvalue weighted by atomic mass is 16.3. The molecule has 0 radical (unpaired) electrons. The summed E-state index contributed by atoms with van der Waals surface area (Å²) in [4.78, 5) is 24.9. The molecular formula is C22H32O3. The first kappa shape index (κ1) is 17.3. The average Bonchev–Trinajstić information content (AvgIpc) is 2.83. The zero-order valence-corrected chi connectivity index (χ0v) is 15.9. The van der Waals surface area contributed by atoms with Crippen LogP contribution in [0.15, 0.2) is 11.3 Å². The smallest absolute Gasteiger partial charge is 0.197 e. The van der Waals surface area contributed by atoms with Crippen LogP contribution in [0.2, 0.25) is 0 Å². The summed E-state index contributed by atoms with van der Waals surface area (Å²) in [5.74, 6) is 2.67. The Balaban J connectivity index is 1.73. The second-order valence-corrected chi connectivity index (χ2v) is 9.63. The Hall–Kier alpha value is -1.12. The van der Waals surface area contributed by atoms with Gasteiger partial charge in [-0.15, -0.1) is 0 Å². The Morgan fingerprint density at radius 3 is 2.56 bits per heavy atom. The van der Waals surface area contributed by atoms with E-state index in [0.29, 0.717) is 35.9 Å². The van der Waals surface area contributed by atoms with Gasteiger partial charge in [0.1, 0.15) is 5.78 Å². The van der Waals surface area contributed by atoms with Crippen molar-refractivity contribution in [3.8, 4) is 0 Å². The van der Waals surface area contributed by atoms with Gasteiger partial charge < -0.3 is 5.11 Å². The molecule has 0 aromatic heterocycles. The Kier molecular flexibility index (Phi) is 3.94. The molecular weight excluding hydrogens is 312 g/mol. The third kappa shape index (κ3) is 2.23. The summed E-state index contributed by atoms with van der Waals surface area (Å²) < 4.78 is 0. The van der Waals surface area contributed by atoms with Crippen LogP contribution in [0.25, 0.3) is 0 Å². The van der Waals surface area contributed by atoms with Gasteiger partial charge in [0.15, 0.2) is 11.5 Å². The molecule has 0 heterocycles. The number of allylic oxidation sites excluding steroid dienone is 1. The molecule has 0 aliphatic heterocycles. The van der Waals surface area contributed by atoms with Crippen LogP contribution in [0.5, 0.6) is 0 Å². The highest BCUT2D eigenvalue weighted by Gasteiger charge is 2.62. The number of Topliss-reactive ketones (excluding diaryl/α,β-unsaturated/α-hetero) is 2. The van der Waals surface area contributed by atoms with Crippen LogP contribution in [0.3, 0.4) is 0 Å². The van der Waals surface area contributed by atoms with E-state index in [9.17, 15) is 14.7 Å². The number of rotatable bonds is 2. The highest BCUT2D eigenvalue weighted by molar-refractivity contribution is 5.95. The SMILES string of the molecule is CCC[C@H]1CC(=O)[C@@]2(C)CC[C@H]3[C@@H](CCC4=C(O)C(=O)CC[C@@]43C)[C@H]12. The van der Waals surface area contributed by atoms with Crippen molar-refractivity contribution in [1.29, 1.82) is 0 Å². The molecule has 0 aromatic carbocycles. The molecule has 6 atom stereocenters. The number of aliphatic hydroxyl groups excluding tert-OH is 1. The van der Waals surface area contributed by atoms with Crippen LogP contribution in [0.4, 0.5) is 0 Å². The second-order valence-electron chi connectivity index (χ2n) is 9.63. The van der Waals surface area contributed by atoms with Crippen LogP contribution in [0.1, 0.15) is 78.6 Å². The van der Waals surface area contributed by atoms with Crippen molar-refractivity contribution < 1.29 is 14.7 Å². The number of aliphatic hydroxyl groups is 1. The highest BCUT2D eigenvalue weighted by Crippen LogP contribution is 2.66. The van der Waals surface area contributed by atoms with Crippen molar-refractivity contribution in [3.05, 3.63) is 11.3 Å².